The highest BCUT2D eigenvalue weighted by Gasteiger charge is 2.13. The van der Waals surface area contributed by atoms with E-state index in [9.17, 15) is 4.79 Å². The summed E-state index contributed by atoms with van der Waals surface area (Å²) < 4.78 is 9.10. The predicted octanol–water partition coefficient (Wildman–Crippen LogP) is 3.05. The Hall–Kier alpha value is -2.63. The maximum absolute atomic E-state index is 12.0. The van der Waals surface area contributed by atoms with E-state index in [4.69, 9.17) is 4.42 Å². The van der Waals surface area contributed by atoms with E-state index in [0.717, 1.165) is 30.9 Å². The molecule has 3 heterocycles. The van der Waals surface area contributed by atoms with Gasteiger partial charge in [0, 0.05) is 31.3 Å². The minimum atomic E-state index is 0.0147. The Morgan fingerprint density at radius 2 is 2.04 bits per heavy atom. The number of rotatable bonds is 7. The van der Waals surface area contributed by atoms with Crippen molar-refractivity contribution in [1.82, 2.24) is 19.3 Å². The van der Waals surface area contributed by atoms with Crippen molar-refractivity contribution in [2.45, 2.75) is 46.2 Å². The van der Waals surface area contributed by atoms with Crippen LogP contribution >= 0.6 is 0 Å². The zero-order valence-electron chi connectivity index (χ0n) is 14.1. The lowest BCUT2D eigenvalue weighted by Gasteiger charge is -2.09. The van der Waals surface area contributed by atoms with Crippen molar-refractivity contribution in [1.29, 1.82) is 0 Å². The van der Waals surface area contributed by atoms with E-state index in [1.165, 1.54) is 0 Å². The third-order valence-corrected chi connectivity index (χ3v) is 4.04. The molecule has 3 rings (SSSR count). The van der Waals surface area contributed by atoms with Crippen LogP contribution in [0, 0.1) is 6.92 Å². The molecule has 0 amide bonds. The number of unbranched alkanes of at least 4 members (excludes halogenated alkanes) is 1. The first-order valence-corrected chi connectivity index (χ1v) is 8.33. The number of aryl methyl sites for hydroxylation is 3. The monoisotopic (exact) mass is 326 g/mol. The molecule has 0 saturated carbocycles. The topological polar surface area (TPSA) is 65.8 Å². The molecule has 0 unspecified atom stereocenters. The van der Waals surface area contributed by atoms with Crippen molar-refractivity contribution < 1.29 is 4.42 Å². The molecule has 6 heteroatoms. The summed E-state index contributed by atoms with van der Waals surface area (Å²) in [6.07, 6.45) is 4.40. The van der Waals surface area contributed by atoms with Crippen molar-refractivity contribution in [3.05, 3.63) is 58.5 Å². The Bertz CT molecular complexity index is 846. The van der Waals surface area contributed by atoms with Crippen LogP contribution in [-0.4, -0.2) is 19.3 Å². The lowest BCUT2D eigenvalue weighted by atomic mass is 10.3. The van der Waals surface area contributed by atoms with Crippen LogP contribution in [0.2, 0.25) is 0 Å². The van der Waals surface area contributed by atoms with Gasteiger partial charge in [-0.2, -0.15) is 0 Å². The lowest BCUT2D eigenvalue weighted by molar-refractivity contribution is 0.524. The van der Waals surface area contributed by atoms with Gasteiger partial charge in [0.25, 0.3) is 5.56 Å². The second-order valence-electron chi connectivity index (χ2n) is 5.81. The van der Waals surface area contributed by atoms with Gasteiger partial charge in [0.1, 0.15) is 5.82 Å². The highest BCUT2D eigenvalue weighted by molar-refractivity contribution is 5.45. The molecule has 0 aliphatic heterocycles. The normalized spacial score (nSPS) is 11.1. The molecule has 126 valence electrons. The number of hydrogen-bond acceptors (Lipinski definition) is 4. The zero-order valence-corrected chi connectivity index (χ0v) is 14.1. The third kappa shape index (κ3) is 3.48. The number of hydrogen-bond donors (Lipinski definition) is 0. The van der Waals surface area contributed by atoms with Crippen molar-refractivity contribution in [3.8, 4) is 11.6 Å². The summed E-state index contributed by atoms with van der Waals surface area (Å²) in [6.45, 7) is 5.50. The molecule has 0 fully saturated rings. The summed E-state index contributed by atoms with van der Waals surface area (Å²) in [5, 5.41) is 4.57. The van der Waals surface area contributed by atoms with Crippen molar-refractivity contribution in [3.63, 3.8) is 0 Å². The van der Waals surface area contributed by atoms with E-state index in [2.05, 4.69) is 17.0 Å². The van der Waals surface area contributed by atoms with Gasteiger partial charge in [0.15, 0.2) is 5.76 Å². The Balaban J connectivity index is 1.84. The maximum atomic E-state index is 12.0. The average Bonchev–Trinajstić information content (AvgIpc) is 3.22. The Morgan fingerprint density at radius 3 is 2.75 bits per heavy atom. The van der Waals surface area contributed by atoms with E-state index in [0.29, 0.717) is 24.6 Å². The highest BCUT2D eigenvalue weighted by atomic mass is 16.3. The van der Waals surface area contributed by atoms with E-state index in [1.54, 1.807) is 23.0 Å². The standard InChI is InChI=1S/C18H22N4O2/c1-3-4-11-22-16(19-18(20-22)15-8-6-13-24-15)10-12-21-14(2)7-5-9-17(21)23/h5-9,13H,3-4,10-12H2,1-2H3. The van der Waals surface area contributed by atoms with Gasteiger partial charge in [-0.05, 0) is 31.5 Å². The molecule has 0 spiro atoms. The molecule has 0 aromatic carbocycles. The molecular weight excluding hydrogens is 304 g/mol. The summed E-state index contributed by atoms with van der Waals surface area (Å²) in [5.74, 6) is 2.15. The van der Waals surface area contributed by atoms with Crippen LogP contribution in [0.1, 0.15) is 31.3 Å². The molecule has 3 aromatic heterocycles. The molecule has 0 N–H and O–H groups in total. The Morgan fingerprint density at radius 1 is 1.17 bits per heavy atom. The average molecular weight is 326 g/mol. The van der Waals surface area contributed by atoms with Crippen molar-refractivity contribution in [2.75, 3.05) is 0 Å². The van der Waals surface area contributed by atoms with E-state index >= 15 is 0 Å². The molecule has 0 bridgehead atoms. The van der Waals surface area contributed by atoms with Crippen molar-refractivity contribution in [2.24, 2.45) is 0 Å². The summed E-state index contributed by atoms with van der Waals surface area (Å²) in [6, 6.07) is 9.00. The highest BCUT2D eigenvalue weighted by Crippen LogP contribution is 2.17. The van der Waals surface area contributed by atoms with Crippen LogP contribution in [0.15, 0.2) is 45.8 Å². The predicted molar refractivity (Wildman–Crippen MR) is 91.8 cm³/mol. The minimum absolute atomic E-state index is 0.0147. The summed E-state index contributed by atoms with van der Waals surface area (Å²) in [4.78, 5) is 16.6. The first kappa shape index (κ1) is 16.2. The van der Waals surface area contributed by atoms with Crippen LogP contribution in [0.3, 0.4) is 0 Å². The van der Waals surface area contributed by atoms with Gasteiger partial charge in [-0.3, -0.25) is 4.79 Å². The van der Waals surface area contributed by atoms with E-state index in [1.807, 2.05) is 29.8 Å². The Kier molecular flexibility index (Phi) is 4.93. The van der Waals surface area contributed by atoms with Crippen LogP contribution < -0.4 is 5.56 Å². The van der Waals surface area contributed by atoms with Crippen LogP contribution in [-0.2, 0) is 19.5 Å². The number of nitrogens with zero attached hydrogens (tertiary/aromatic N) is 4. The molecule has 3 aromatic rings. The fraction of sp³-hybridized carbons (Fsp3) is 0.389. The van der Waals surface area contributed by atoms with Gasteiger partial charge in [0.2, 0.25) is 5.82 Å². The maximum Gasteiger partial charge on any atom is 0.250 e. The molecule has 0 saturated heterocycles. The smallest absolute Gasteiger partial charge is 0.250 e. The van der Waals surface area contributed by atoms with Crippen LogP contribution in [0.25, 0.3) is 11.6 Å². The molecule has 0 aliphatic carbocycles. The van der Waals surface area contributed by atoms with Crippen molar-refractivity contribution >= 4 is 0 Å². The van der Waals surface area contributed by atoms with Gasteiger partial charge in [0.05, 0.1) is 6.26 Å². The Labute approximate surface area is 140 Å². The molecule has 0 radical (unpaired) electrons. The molecule has 24 heavy (non-hydrogen) atoms. The molecule has 6 nitrogen and oxygen atoms in total. The molecular formula is C18H22N4O2. The van der Waals surface area contributed by atoms with Crippen LogP contribution in [0.4, 0.5) is 0 Å². The number of aromatic nitrogens is 4. The third-order valence-electron chi connectivity index (χ3n) is 4.04. The number of furan rings is 1. The second-order valence-corrected chi connectivity index (χ2v) is 5.81. The van der Waals surface area contributed by atoms with E-state index in [-0.39, 0.29) is 5.56 Å². The van der Waals surface area contributed by atoms with Crippen LogP contribution in [0.5, 0.6) is 0 Å². The minimum Gasteiger partial charge on any atom is -0.461 e. The quantitative estimate of drug-likeness (QED) is 0.669. The first-order chi connectivity index (χ1) is 11.7. The molecule has 0 aliphatic rings. The van der Waals surface area contributed by atoms with Gasteiger partial charge >= 0.3 is 0 Å². The summed E-state index contributed by atoms with van der Waals surface area (Å²) in [5.41, 5.74) is 0.967. The van der Waals surface area contributed by atoms with Gasteiger partial charge in [-0.25, -0.2) is 9.67 Å². The fourth-order valence-corrected chi connectivity index (χ4v) is 2.68. The lowest BCUT2D eigenvalue weighted by Crippen LogP contribution is -2.22. The second kappa shape index (κ2) is 7.29. The fourth-order valence-electron chi connectivity index (χ4n) is 2.68. The number of pyridine rings is 1. The zero-order chi connectivity index (χ0) is 16.9. The first-order valence-electron chi connectivity index (χ1n) is 8.33. The SMILES string of the molecule is CCCCn1nc(-c2ccco2)nc1CCn1c(C)cccc1=O. The summed E-state index contributed by atoms with van der Waals surface area (Å²) in [7, 11) is 0. The van der Waals surface area contributed by atoms with Gasteiger partial charge < -0.3 is 8.98 Å². The van der Waals surface area contributed by atoms with Gasteiger partial charge in [-0.1, -0.05) is 19.4 Å². The molecule has 0 atom stereocenters. The summed E-state index contributed by atoms with van der Waals surface area (Å²) >= 11 is 0. The largest absolute Gasteiger partial charge is 0.461 e. The van der Waals surface area contributed by atoms with Gasteiger partial charge in [-0.15, -0.1) is 5.10 Å². The van der Waals surface area contributed by atoms with E-state index < -0.39 is 0 Å².